The fourth-order valence-electron chi connectivity index (χ4n) is 5.39. The van der Waals surface area contributed by atoms with Gasteiger partial charge in [-0.1, -0.05) is 50.6 Å². The number of fused-ring (bicyclic) bond motifs is 4. The molecule has 0 saturated heterocycles. The predicted octanol–water partition coefficient (Wildman–Crippen LogP) is 9.00. The van der Waals surface area contributed by atoms with Gasteiger partial charge in [0.05, 0.1) is 22.1 Å². The SMILES string of the molecule is CCCOc1ccc(Cl)c2c1[SH](c1ccc3sc4c(CC)cc(CC)cc4c(=O)c3c1)c1ccccc1C2=O. The summed E-state index contributed by atoms with van der Waals surface area (Å²) >= 11 is 8.38. The molecule has 2 heterocycles. The Morgan fingerprint density at radius 2 is 1.72 bits per heavy atom. The molecular weight excluding hydrogens is 544 g/mol. The maximum atomic E-state index is 14.0. The van der Waals surface area contributed by atoms with E-state index in [0.717, 1.165) is 54.1 Å². The van der Waals surface area contributed by atoms with Gasteiger partial charge in [0.25, 0.3) is 0 Å². The third-order valence-corrected chi connectivity index (χ3v) is 11.5. The number of carbonyl (C=O) groups is 1. The van der Waals surface area contributed by atoms with E-state index in [1.807, 2.05) is 36.4 Å². The molecule has 6 rings (SSSR count). The Balaban J connectivity index is 1.65. The number of halogens is 1. The molecule has 39 heavy (non-hydrogen) atoms. The molecule has 1 atom stereocenters. The highest BCUT2D eigenvalue weighted by atomic mass is 35.5. The number of aryl methyl sites for hydroxylation is 2. The lowest BCUT2D eigenvalue weighted by Crippen LogP contribution is -2.15. The quantitative estimate of drug-likeness (QED) is 0.160. The van der Waals surface area contributed by atoms with Crippen molar-refractivity contribution in [2.24, 2.45) is 0 Å². The van der Waals surface area contributed by atoms with Crippen LogP contribution < -0.4 is 10.2 Å². The van der Waals surface area contributed by atoms with E-state index in [2.05, 4.69) is 45.0 Å². The average molecular weight is 573 g/mol. The van der Waals surface area contributed by atoms with Crippen LogP contribution in [0.1, 0.15) is 54.2 Å². The van der Waals surface area contributed by atoms with Crippen LogP contribution in [0.4, 0.5) is 0 Å². The Hall–Kier alpha value is -3.12. The molecule has 4 aromatic carbocycles. The minimum Gasteiger partial charge on any atom is -0.492 e. The lowest BCUT2D eigenvalue weighted by Gasteiger charge is -2.33. The molecule has 0 N–H and O–H groups in total. The van der Waals surface area contributed by atoms with E-state index >= 15 is 0 Å². The average Bonchev–Trinajstić information content (AvgIpc) is 2.96. The Labute approximate surface area is 239 Å². The predicted molar refractivity (Wildman–Crippen MR) is 165 cm³/mol. The van der Waals surface area contributed by atoms with Crippen molar-refractivity contribution in [1.29, 1.82) is 0 Å². The molecule has 1 aromatic heterocycles. The van der Waals surface area contributed by atoms with E-state index in [4.69, 9.17) is 16.3 Å². The van der Waals surface area contributed by atoms with Crippen molar-refractivity contribution < 1.29 is 9.53 Å². The summed E-state index contributed by atoms with van der Waals surface area (Å²) < 4.78 is 8.24. The van der Waals surface area contributed by atoms with Gasteiger partial charge in [-0.05, 0) is 83.8 Å². The second kappa shape index (κ2) is 10.5. The zero-order valence-electron chi connectivity index (χ0n) is 22.1. The van der Waals surface area contributed by atoms with Gasteiger partial charge in [0.2, 0.25) is 0 Å². The maximum Gasteiger partial charge on any atom is 0.196 e. The van der Waals surface area contributed by atoms with Gasteiger partial charge in [0.1, 0.15) is 5.75 Å². The molecule has 0 spiro atoms. The molecule has 1 aliphatic rings. The van der Waals surface area contributed by atoms with Gasteiger partial charge >= 0.3 is 0 Å². The molecule has 1 unspecified atom stereocenters. The van der Waals surface area contributed by atoms with Crippen LogP contribution in [0.5, 0.6) is 5.75 Å². The highest BCUT2D eigenvalue weighted by Crippen LogP contribution is 2.61. The van der Waals surface area contributed by atoms with Crippen molar-refractivity contribution in [2.75, 3.05) is 6.61 Å². The van der Waals surface area contributed by atoms with Crippen LogP contribution in [0.2, 0.25) is 5.02 Å². The lowest BCUT2D eigenvalue weighted by atomic mass is 10.0. The smallest absolute Gasteiger partial charge is 0.196 e. The van der Waals surface area contributed by atoms with Crippen molar-refractivity contribution in [3.63, 3.8) is 0 Å². The zero-order valence-corrected chi connectivity index (χ0v) is 24.6. The molecule has 0 saturated carbocycles. The zero-order chi connectivity index (χ0) is 27.3. The molecule has 0 fully saturated rings. The molecule has 3 nitrogen and oxygen atoms in total. The van der Waals surface area contributed by atoms with Crippen LogP contribution in [0.15, 0.2) is 86.2 Å². The first-order chi connectivity index (χ1) is 19.0. The molecule has 5 aromatic rings. The normalized spacial score (nSPS) is 15.4. The first kappa shape index (κ1) is 26.1. The molecule has 0 amide bonds. The summed E-state index contributed by atoms with van der Waals surface area (Å²) in [5, 5.41) is 1.94. The first-order valence-electron chi connectivity index (χ1n) is 13.4. The molecule has 198 valence electrons. The van der Waals surface area contributed by atoms with E-state index in [1.165, 1.54) is 11.1 Å². The summed E-state index contributed by atoms with van der Waals surface area (Å²) in [4.78, 5) is 30.5. The molecule has 1 aliphatic heterocycles. The highest BCUT2D eigenvalue weighted by molar-refractivity contribution is 8.17. The van der Waals surface area contributed by atoms with Gasteiger partial charge < -0.3 is 4.74 Å². The van der Waals surface area contributed by atoms with Gasteiger partial charge in [-0.25, -0.2) is 0 Å². The van der Waals surface area contributed by atoms with Gasteiger partial charge in [-0.15, -0.1) is 11.3 Å². The number of benzene rings is 4. The summed E-state index contributed by atoms with van der Waals surface area (Å²) in [6.07, 6.45) is 2.63. The van der Waals surface area contributed by atoms with E-state index in [0.29, 0.717) is 28.5 Å². The Morgan fingerprint density at radius 3 is 2.49 bits per heavy atom. The largest absolute Gasteiger partial charge is 0.492 e. The van der Waals surface area contributed by atoms with Crippen LogP contribution >= 0.6 is 33.8 Å². The Bertz CT molecular complexity index is 1840. The fourth-order valence-corrected chi connectivity index (χ4v) is 9.63. The summed E-state index contributed by atoms with van der Waals surface area (Å²) in [6.45, 7) is 6.87. The Morgan fingerprint density at radius 1 is 0.897 bits per heavy atom. The van der Waals surface area contributed by atoms with Crippen LogP contribution in [-0.2, 0) is 12.8 Å². The van der Waals surface area contributed by atoms with Crippen LogP contribution in [-0.4, -0.2) is 12.4 Å². The monoisotopic (exact) mass is 572 g/mol. The summed E-state index contributed by atoms with van der Waals surface area (Å²) in [5.74, 6) is 0.609. The molecule has 6 heteroatoms. The second-order valence-corrected chi connectivity index (χ2v) is 13.3. The number of hydrogen-bond acceptors (Lipinski definition) is 4. The first-order valence-corrected chi connectivity index (χ1v) is 15.9. The number of ether oxygens (including phenoxy) is 1. The molecular formula is C33H29ClO3S2. The lowest BCUT2D eigenvalue weighted by molar-refractivity contribution is 0.103. The molecule has 0 bridgehead atoms. The summed E-state index contributed by atoms with van der Waals surface area (Å²) in [5.41, 5.74) is 3.65. The topological polar surface area (TPSA) is 43.4 Å². The number of hydrogen-bond donors (Lipinski definition) is 1. The van der Waals surface area contributed by atoms with E-state index in [-0.39, 0.29) is 11.2 Å². The standard InChI is InChI=1S/C33H29ClO3S2/c1-4-15-37-26-13-12-25(34)29-31(36)22-9-7-8-10-28(22)39(33(26)29)21-11-14-27-23(18-21)30(35)24-17-19(5-2)16-20(6-3)32(24)38-27/h7-14,16-18,39H,4-6,15H2,1-3H3. The van der Waals surface area contributed by atoms with Crippen LogP contribution in [0.3, 0.4) is 0 Å². The number of ketones is 1. The van der Waals surface area contributed by atoms with E-state index < -0.39 is 10.9 Å². The third-order valence-electron chi connectivity index (χ3n) is 7.33. The number of rotatable bonds is 6. The van der Waals surface area contributed by atoms with Gasteiger partial charge in [-0.3, -0.25) is 9.59 Å². The summed E-state index contributed by atoms with van der Waals surface area (Å²) in [7, 11) is -1.19. The van der Waals surface area contributed by atoms with E-state index in [1.54, 1.807) is 17.4 Å². The van der Waals surface area contributed by atoms with Crippen molar-refractivity contribution in [2.45, 2.75) is 54.7 Å². The van der Waals surface area contributed by atoms with Crippen molar-refractivity contribution in [1.82, 2.24) is 0 Å². The molecule has 0 aliphatic carbocycles. The van der Waals surface area contributed by atoms with Gasteiger partial charge in [0.15, 0.2) is 11.2 Å². The van der Waals surface area contributed by atoms with Crippen LogP contribution in [0, 0.1) is 0 Å². The second-order valence-electron chi connectivity index (χ2n) is 9.75. The highest BCUT2D eigenvalue weighted by Gasteiger charge is 2.34. The maximum absolute atomic E-state index is 14.0. The molecule has 0 radical (unpaired) electrons. The van der Waals surface area contributed by atoms with Crippen molar-refractivity contribution in [3.05, 3.63) is 104 Å². The minimum absolute atomic E-state index is 0.0655. The number of carbonyl (C=O) groups excluding carboxylic acids is 1. The third kappa shape index (κ3) is 4.28. The van der Waals surface area contributed by atoms with Gasteiger partial charge in [-0.2, -0.15) is 10.9 Å². The van der Waals surface area contributed by atoms with Crippen LogP contribution in [0.25, 0.3) is 20.2 Å². The van der Waals surface area contributed by atoms with Gasteiger partial charge in [0, 0.05) is 30.6 Å². The summed E-state index contributed by atoms with van der Waals surface area (Å²) in [6, 6.07) is 21.9. The Kier molecular flexibility index (Phi) is 7.00. The fraction of sp³-hybridized carbons (Fsp3) is 0.212. The minimum atomic E-state index is -1.19. The van der Waals surface area contributed by atoms with Crippen molar-refractivity contribution in [3.8, 4) is 5.75 Å². The van der Waals surface area contributed by atoms with Crippen molar-refractivity contribution >= 4 is 59.8 Å². The number of thiol groups is 1. The van der Waals surface area contributed by atoms with E-state index in [9.17, 15) is 9.59 Å².